The molecular weight excluding hydrogens is 379 g/mol. The molecule has 6 heteroatoms. The first-order valence-corrected chi connectivity index (χ1v) is 9.91. The summed E-state index contributed by atoms with van der Waals surface area (Å²) in [7, 11) is 0. The largest absolute Gasteiger partial charge is 0.481 e. The number of nitrogens with zero attached hydrogens (tertiary/aromatic N) is 1. The molecule has 1 heterocycles. The van der Waals surface area contributed by atoms with Crippen molar-refractivity contribution in [2.75, 3.05) is 5.73 Å². The number of carbonyl (C=O) groups is 1. The Kier molecular flexibility index (Phi) is 4.63. The van der Waals surface area contributed by atoms with E-state index in [-0.39, 0.29) is 24.3 Å². The van der Waals surface area contributed by atoms with E-state index >= 15 is 0 Å². The average Bonchev–Trinajstić information content (AvgIpc) is 2.64. The Labute approximate surface area is 169 Å². The van der Waals surface area contributed by atoms with E-state index in [2.05, 4.69) is 4.90 Å². The van der Waals surface area contributed by atoms with Gasteiger partial charge in [-0.05, 0) is 73.6 Å². The summed E-state index contributed by atoms with van der Waals surface area (Å²) in [4.78, 5) is 14.5. The predicted molar refractivity (Wildman–Crippen MR) is 108 cm³/mol. The number of carboxylic acids is 1. The fourth-order valence-corrected chi connectivity index (χ4v) is 5.27. The lowest BCUT2D eigenvalue weighted by molar-refractivity contribution is -0.157. The Bertz CT molecular complexity index is 964. The van der Waals surface area contributed by atoms with Crippen LogP contribution in [0.5, 0.6) is 0 Å². The van der Waals surface area contributed by atoms with Crippen LogP contribution in [0.3, 0.4) is 0 Å². The minimum atomic E-state index is -0.953. The van der Waals surface area contributed by atoms with Crippen LogP contribution in [0.25, 0.3) is 0 Å². The van der Waals surface area contributed by atoms with Gasteiger partial charge in [0.2, 0.25) is 0 Å². The van der Waals surface area contributed by atoms with Crippen molar-refractivity contribution in [3.05, 3.63) is 63.4 Å². The molecule has 1 aliphatic heterocycles. The molecule has 0 aromatic heterocycles. The van der Waals surface area contributed by atoms with Gasteiger partial charge in [-0.2, -0.15) is 0 Å². The number of piperidine rings is 1. The molecule has 2 aromatic rings. The number of hydrogen-bond acceptors (Lipinski definition) is 3. The van der Waals surface area contributed by atoms with E-state index in [0.717, 1.165) is 16.7 Å². The van der Waals surface area contributed by atoms with Gasteiger partial charge in [-0.1, -0.05) is 23.7 Å². The summed E-state index contributed by atoms with van der Waals surface area (Å²) in [5.41, 5.74) is 9.14. The van der Waals surface area contributed by atoms with Crippen LogP contribution in [0.1, 0.15) is 48.1 Å². The van der Waals surface area contributed by atoms with E-state index in [1.54, 1.807) is 6.07 Å². The lowest BCUT2D eigenvalue weighted by Crippen LogP contribution is -2.54. The van der Waals surface area contributed by atoms with E-state index in [4.69, 9.17) is 17.3 Å². The van der Waals surface area contributed by atoms with Gasteiger partial charge in [0, 0.05) is 29.3 Å². The molecule has 1 unspecified atom stereocenters. The molecule has 28 heavy (non-hydrogen) atoms. The number of fused-ring (bicyclic) bond motifs is 4. The number of hydrogen-bond donors (Lipinski definition) is 2. The van der Waals surface area contributed by atoms with Crippen LogP contribution >= 0.6 is 11.6 Å². The maximum atomic E-state index is 14.7. The third kappa shape index (κ3) is 2.88. The molecule has 4 nitrogen and oxygen atoms in total. The van der Waals surface area contributed by atoms with E-state index in [1.807, 2.05) is 32.0 Å². The fraction of sp³-hybridized carbons (Fsp3) is 0.409. The molecular formula is C22H24ClFN2O2. The van der Waals surface area contributed by atoms with Gasteiger partial charge in [0.05, 0.1) is 5.41 Å². The van der Waals surface area contributed by atoms with Crippen molar-refractivity contribution in [2.24, 2.45) is 5.41 Å². The zero-order valence-electron chi connectivity index (χ0n) is 16.0. The molecule has 2 aromatic carbocycles. The number of benzene rings is 2. The quantitative estimate of drug-likeness (QED) is 0.729. The Hall–Kier alpha value is -2.11. The molecule has 148 valence electrons. The minimum Gasteiger partial charge on any atom is -0.481 e. The molecule has 0 saturated carbocycles. The zero-order chi connectivity index (χ0) is 20.2. The molecule has 2 aliphatic rings. The highest BCUT2D eigenvalue weighted by molar-refractivity contribution is 6.31. The smallest absolute Gasteiger partial charge is 0.310 e. The van der Waals surface area contributed by atoms with Crippen LogP contribution in [0.15, 0.2) is 30.3 Å². The lowest BCUT2D eigenvalue weighted by atomic mass is 9.62. The van der Waals surface area contributed by atoms with Gasteiger partial charge >= 0.3 is 5.97 Å². The third-order valence-electron chi connectivity index (χ3n) is 6.61. The Morgan fingerprint density at radius 2 is 2.11 bits per heavy atom. The van der Waals surface area contributed by atoms with Crippen molar-refractivity contribution in [1.29, 1.82) is 0 Å². The predicted octanol–water partition coefficient (Wildman–Crippen LogP) is 4.72. The van der Waals surface area contributed by atoms with E-state index in [1.165, 1.54) is 6.07 Å². The maximum Gasteiger partial charge on any atom is 0.310 e. The first-order valence-electron chi connectivity index (χ1n) is 9.53. The number of likely N-dealkylation sites (tertiary alicyclic amines) is 1. The standard InChI is InChI=1S/C22H24ClFN2O2/c1-12-8-22(21(27)28)9-15-17(24)6-7-18(25)20(15)19(10-22)26(12)11-14-4-3-5-16(23)13(14)2/h3-7,12,19H,8-11,25H2,1-2H3,(H,27,28)/t12-,19?,22-/m1/s1. The Balaban J connectivity index is 1.83. The Morgan fingerprint density at radius 3 is 2.82 bits per heavy atom. The maximum absolute atomic E-state index is 14.7. The van der Waals surface area contributed by atoms with Crippen molar-refractivity contribution in [1.82, 2.24) is 4.90 Å². The summed E-state index contributed by atoms with van der Waals surface area (Å²) in [6.45, 7) is 4.64. The highest BCUT2D eigenvalue weighted by Crippen LogP contribution is 2.54. The molecule has 0 amide bonds. The molecule has 0 spiro atoms. The van der Waals surface area contributed by atoms with Gasteiger partial charge in [-0.25, -0.2) is 4.39 Å². The van der Waals surface area contributed by atoms with Crippen LogP contribution in [-0.2, 0) is 17.8 Å². The van der Waals surface area contributed by atoms with Crippen molar-refractivity contribution >= 4 is 23.3 Å². The number of halogens is 2. The van der Waals surface area contributed by atoms with Crippen LogP contribution in [0.2, 0.25) is 5.02 Å². The molecule has 3 atom stereocenters. The molecule has 2 bridgehead atoms. The summed E-state index contributed by atoms with van der Waals surface area (Å²) in [6.07, 6.45) is 1.11. The van der Waals surface area contributed by atoms with Crippen LogP contribution < -0.4 is 5.73 Å². The number of rotatable bonds is 3. The van der Waals surface area contributed by atoms with Gasteiger partial charge in [0.1, 0.15) is 5.82 Å². The first-order chi connectivity index (χ1) is 13.2. The molecule has 3 N–H and O–H groups in total. The van der Waals surface area contributed by atoms with E-state index in [0.29, 0.717) is 35.7 Å². The molecule has 4 rings (SSSR count). The SMILES string of the molecule is Cc1c(Cl)cccc1CN1C2C[C@](C(=O)O)(Cc3c(F)ccc(N)c32)C[C@H]1C. The molecule has 1 fully saturated rings. The van der Waals surface area contributed by atoms with Crippen molar-refractivity contribution in [3.63, 3.8) is 0 Å². The summed E-state index contributed by atoms with van der Waals surface area (Å²) in [6, 6.07) is 8.53. The summed E-state index contributed by atoms with van der Waals surface area (Å²) in [5.74, 6) is -1.22. The van der Waals surface area contributed by atoms with Crippen LogP contribution in [0, 0.1) is 18.2 Å². The second kappa shape index (κ2) is 6.75. The van der Waals surface area contributed by atoms with E-state index < -0.39 is 11.4 Å². The number of aliphatic carboxylic acids is 1. The summed E-state index contributed by atoms with van der Waals surface area (Å²) < 4.78 is 14.7. The zero-order valence-corrected chi connectivity index (χ0v) is 16.8. The van der Waals surface area contributed by atoms with Crippen molar-refractivity contribution in [3.8, 4) is 0 Å². The van der Waals surface area contributed by atoms with Crippen molar-refractivity contribution in [2.45, 2.75) is 51.7 Å². The van der Waals surface area contributed by atoms with Gasteiger partial charge in [-0.15, -0.1) is 0 Å². The van der Waals surface area contributed by atoms with Gasteiger partial charge < -0.3 is 10.8 Å². The highest BCUT2D eigenvalue weighted by Gasteiger charge is 2.53. The van der Waals surface area contributed by atoms with Crippen molar-refractivity contribution < 1.29 is 14.3 Å². The van der Waals surface area contributed by atoms with Gasteiger partial charge in [0.25, 0.3) is 0 Å². The summed E-state index contributed by atoms with van der Waals surface area (Å²) >= 11 is 6.30. The fourth-order valence-electron chi connectivity index (χ4n) is 5.08. The number of carboxylic acid groups (broad SMARTS) is 1. The number of nitrogen functional groups attached to an aromatic ring is 1. The third-order valence-corrected chi connectivity index (χ3v) is 7.01. The molecule has 1 aliphatic carbocycles. The highest BCUT2D eigenvalue weighted by atomic mass is 35.5. The second-order valence-corrected chi connectivity index (χ2v) is 8.67. The van der Waals surface area contributed by atoms with Gasteiger partial charge in [-0.3, -0.25) is 9.69 Å². The monoisotopic (exact) mass is 402 g/mol. The number of nitrogens with two attached hydrogens (primary N) is 1. The normalized spacial score (nSPS) is 26.7. The molecule has 0 radical (unpaired) electrons. The van der Waals surface area contributed by atoms with Crippen LogP contribution in [-0.4, -0.2) is 22.0 Å². The number of anilines is 1. The van der Waals surface area contributed by atoms with Crippen LogP contribution in [0.4, 0.5) is 10.1 Å². The van der Waals surface area contributed by atoms with Gasteiger partial charge in [0.15, 0.2) is 0 Å². The first kappa shape index (κ1) is 19.2. The average molecular weight is 403 g/mol. The summed E-state index contributed by atoms with van der Waals surface area (Å²) in [5, 5.41) is 10.7. The topological polar surface area (TPSA) is 66.6 Å². The molecule has 1 saturated heterocycles. The van der Waals surface area contributed by atoms with E-state index in [9.17, 15) is 14.3 Å². The second-order valence-electron chi connectivity index (χ2n) is 8.26. The lowest BCUT2D eigenvalue weighted by Gasteiger charge is -2.52. The Morgan fingerprint density at radius 1 is 1.36 bits per heavy atom. The minimum absolute atomic E-state index is 0.0176.